The van der Waals surface area contributed by atoms with E-state index in [4.69, 9.17) is 6.42 Å². The maximum Gasteiger partial charge on any atom is 0.125 e. The molecule has 0 N–H and O–H groups in total. The Labute approximate surface area is 74.4 Å². The second-order valence-corrected chi connectivity index (χ2v) is 2.53. The largest absolute Gasteiger partial charge is 0.236 e. The molecule has 1 aromatic carbocycles. The Morgan fingerprint density at radius 3 is 2.92 bits per heavy atom. The number of benzene rings is 1. The molecule has 0 aliphatic heterocycles. The van der Waals surface area contributed by atoms with Crippen LogP contribution in [-0.2, 0) is 0 Å². The quantitative estimate of drug-likeness (QED) is 0.566. The van der Waals surface area contributed by atoms with Crippen molar-refractivity contribution >= 4 is 10.9 Å². The number of hydrogen-bond acceptors (Lipinski definition) is 2. The van der Waals surface area contributed by atoms with Crippen LogP contribution in [0.1, 0.15) is 5.69 Å². The lowest BCUT2D eigenvalue weighted by atomic mass is 10.2. The van der Waals surface area contributed by atoms with E-state index >= 15 is 0 Å². The van der Waals surface area contributed by atoms with Crippen molar-refractivity contribution in [3.05, 3.63) is 36.0 Å². The molecule has 1 heterocycles. The lowest BCUT2D eigenvalue weighted by Crippen LogP contribution is -1.88. The molecular formula is C10H5FN2. The maximum absolute atomic E-state index is 12.8. The van der Waals surface area contributed by atoms with Crippen LogP contribution < -0.4 is 0 Å². The van der Waals surface area contributed by atoms with Crippen LogP contribution in [-0.4, -0.2) is 9.97 Å². The van der Waals surface area contributed by atoms with E-state index in [-0.39, 0.29) is 5.82 Å². The fraction of sp³-hybridized carbons (Fsp3) is 0. The van der Waals surface area contributed by atoms with Gasteiger partial charge in [-0.2, -0.15) is 0 Å². The average Bonchev–Trinajstić information content (AvgIpc) is 2.16. The zero-order valence-corrected chi connectivity index (χ0v) is 6.66. The predicted octanol–water partition coefficient (Wildman–Crippen LogP) is 1.75. The molecule has 0 fully saturated rings. The first-order chi connectivity index (χ1) is 6.31. The van der Waals surface area contributed by atoms with Crippen molar-refractivity contribution in [3.63, 3.8) is 0 Å². The van der Waals surface area contributed by atoms with E-state index in [1.165, 1.54) is 18.5 Å². The van der Waals surface area contributed by atoms with Gasteiger partial charge >= 0.3 is 0 Å². The summed E-state index contributed by atoms with van der Waals surface area (Å²) in [7, 11) is 0. The maximum atomic E-state index is 12.8. The van der Waals surface area contributed by atoms with E-state index < -0.39 is 0 Å². The number of fused-ring (bicyclic) bond motifs is 1. The minimum Gasteiger partial charge on any atom is -0.236 e. The first-order valence-electron chi connectivity index (χ1n) is 3.68. The summed E-state index contributed by atoms with van der Waals surface area (Å²) < 4.78 is 12.8. The van der Waals surface area contributed by atoms with Crippen LogP contribution >= 0.6 is 0 Å². The fourth-order valence-electron chi connectivity index (χ4n) is 1.15. The monoisotopic (exact) mass is 172 g/mol. The van der Waals surface area contributed by atoms with Crippen molar-refractivity contribution in [3.8, 4) is 12.3 Å². The number of rotatable bonds is 0. The van der Waals surface area contributed by atoms with Gasteiger partial charge in [0.25, 0.3) is 0 Å². The first kappa shape index (κ1) is 7.69. The van der Waals surface area contributed by atoms with E-state index in [9.17, 15) is 4.39 Å². The van der Waals surface area contributed by atoms with Crippen LogP contribution in [0.25, 0.3) is 10.9 Å². The topological polar surface area (TPSA) is 25.8 Å². The van der Waals surface area contributed by atoms with Gasteiger partial charge in [-0.05, 0) is 18.1 Å². The van der Waals surface area contributed by atoms with E-state index in [0.717, 1.165) is 0 Å². The van der Waals surface area contributed by atoms with Crippen LogP contribution in [0.3, 0.4) is 0 Å². The zero-order valence-electron chi connectivity index (χ0n) is 6.66. The lowest BCUT2D eigenvalue weighted by Gasteiger charge is -1.97. The molecule has 62 valence electrons. The molecular weight excluding hydrogens is 167 g/mol. The van der Waals surface area contributed by atoms with Gasteiger partial charge in [0.15, 0.2) is 0 Å². The molecule has 2 aromatic rings. The van der Waals surface area contributed by atoms with E-state index in [0.29, 0.717) is 16.6 Å². The normalized spacial score (nSPS) is 9.85. The summed E-state index contributed by atoms with van der Waals surface area (Å²) in [5.74, 6) is 2.09. The SMILES string of the molecule is C#Cc1ncnc2cc(F)ccc12. The highest BCUT2D eigenvalue weighted by Gasteiger charge is 2.01. The van der Waals surface area contributed by atoms with Crippen molar-refractivity contribution in [2.75, 3.05) is 0 Å². The third-order valence-electron chi connectivity index (χ3n) is 1.74. The van der Waals surface area contributed by atoms with Crippen molar-refractivity contribution < 1.29 is 4.39 Å². The minimum absolute atomic E-state index is 0.325. The summed E-state index contributed by atoms with van der Waals surface area (Å²) in [6.45, 7) is 0. The van der Waals surface area contributed by atoms with Crippen LogP contribution in [0, 0.1) is 18.2 Å². The molecule has 2 rings (SSSR count). The molecule has 0 bridgehead atoms. The lowest BCUT2D eigenvalue weighted by molar-refractivity contribution is 0.629. The van der Waals surface area contributed by atoms with E-state index in [2.05, 4.69) is 15.9 Å². The van der Waals surface area contributed by atoms with E-state index in [1.807, 2.05) is 0 Å². The summed E-state index contributed by atoms with van der Waals surface area (Å²) in [6.07, 6.45) is 6.55. The first-order valence-corrected chi connectivity index (χ1v) is 3.68. The highest BCUT2D eigenvalue weighted by molar-refractivity contribution is 5.82. The van der Waals surface area contributed by atoms with Gasteiger partial charge in [-0.25, -0.2) is 14.4 Å². The Hall–Kier alpha value is -1.95. The molecule has 0 amide bonds. The Balaban J connectivity index is 2.87. The molecule has 0 radical (unpaired) electrons. The highest BCUT2D eigenvalue weighted by atomic mass is 19.1. The number of halogens is 1. The van der Waals surface area contributed by atoms with E-state index in [1.54, 1.807) is 6.07 Å². The second-order valence-electron chi connectivity index (χ2n) is 2.53. The average molecular weight is 172 g/mol. The summed E-state index contributed by atoms with van der Waals surface area (Å²) in [5, 5.41) is 0.700. The van der Waals surface area contributed by atoms with Gasteiger partial charge in [-0.1, -0.05) is 0 Å². The molecule has 0 saturated carbocycles. The molecule has 13 heavy (non-hydrogen) atoms. The number of terminal acetylenes is 1. The Morgan fingerprint density at radius 1 is 1.31 bits per heavy atom. The van der Waals surface area contributed by atoms with Crippen LogP contribution in [0.2, 0.25) is 0 Å². The van der Waals surface area contributed by atoms with Gasteiger partial charge in [0.2, 0.25) is 0 Å². The minimum atomic E-state index is -0.325. The molecule has 0 aliphatic rings. The number of nitrogens with zero attached hydrogens (tertiary/aromatic N) is 2. The molecule has 0 saturated heterocycles. The van der Waals surface area contributed by atoms with Gasteiger partial charge in [0.1, 0.15) is 17.8 Å². The van der Waals surface area contributed by atoms with Gasteiger partial charge in [0, 0.05) is 11.5 Å². The van der Waals surface area contributed by atoms with Crippen molar-refractivity contribution in [1.29, 1.82) is 0 Å². The Morgan fingerprint density at radius 2 is 2.15 bits per heavy atom. The van der Waals surface area contributed by atoms with Gasteiger partial charge in [-0.3, -0.25) is 0 Å². The predicted molar refractivity (Wildman–Crippen MR) is 47.4 cm³/mol. The van der Waals surface area contributed by atoms with Gasteiger partial charge in [-0.15, -0.1) is 6.42 Å². The molecule has 2 nitrogen and oxygen atoms in total. The molecule has 0 atom stereocenters. The molecule has 0 aliphatic carbocycles. The molecule has 3 heteroatoms. The Bertz CT molecular complexity index is 500. The summed E-state index contributed by atoms with van der Waals surface area (Å²) in [6, 6.07) is 4.25. The third-order valence-corrected chi connectivity index (χ3v) is 1.74. The smallest absolute Gasteiger partial charge is 0.125 e. The number of hydrogen-bond donors (Lipinski definition) is 0. The summed E-state index contributed by atoms with van der Waals surface area (Å²) in [5.41, 5.74) is 1.02. The highest BCUT2D eigenvalue weighted by Crippen LogP contribution is 2.14. The van der Waals surface area contributed by atoms with Crippen LogP contribution in [0.15, 0.2) is 24.5 Å². The van der Waals surface area contributed by atoms with Gasteiger partial charge < -0.3 is 0 Å². The second kappa shape index (κ2) is 2.83. The van der Waals surface area contributed by atoms with Crippen molar-refractivity contribution in [1.82, 2.24) is 9.97 Å². The fourth-order valence-corrected chi connectivity index (χ4v) is 1.15. The van der Waals surface area contributed by atoms with Crippen LogP contribution in [0.5, 0.6) is 0 Å². The third kappa shape index (κ3) is 1.23. The summed E-state index contributed by atoms with van der Waals surface area (Å²) in [4.78, 5) is 7.79. The molecule has 0 unspecified atom stereocenters. The van der Waals surface area contributed by atoms with Crippen LogP contribution in [0.4, 0.5) is 4.39 Å². The molecule has 1 aromatic heterocycles. The number of aromatic nitrogens is 2. The molecule has 0 spiro atoms. The zero-order chi connectivity index (χ0) is 9.26. The standard InChI is InChI=1S/C10H5FN2/c1-2-9-8-4-3-7(11)5-10(8)13-6-12-9/h1,3-6H. The van der Waals surface area contributed by atoms with Crippen molar-refractivity contribution in [2.24, 2.45) is 0 Å². The van der Waals surface area contributed by atoms with Crippen molar-refractivity contribution in [2.45, 2.75) is 0 Å². The summed E-state index contributed by atoms with van der Waals surface area (Å²) >= 11 is 0. The Kier molecular flexibility index (Phi) is 1.67. The van der Waals surface area contributed by atoms with Gasteiger partial charge in [0.05, 0.1) is 5.52 Å².